The molecule has 1 N–H and O–H groups in total. The van der Waals surface area contributed by atoms with Crippen molar-refractivity contribution in [2.45, 2.75) is 38.8 Å². The predicted molar refractivity (Wildman–Crippen MR) is 90.1 cm³/mol. The maximum atomic E-state index is 11.9. The van der Waals surface area contributed by atoms with Gasteiger partial charge in [0.25, 0.3) is 0 Å². The SMILES string of the molecule is Cc1cc(C)nc(SCC(=O)NCCN2CCC[C@H](C)C2)n1. The number of hydrogen-bond acceptors (Lipinski definition) is 5. The molecule has 0 spiro atoms. The van der Waals surface area contributed by atoms with Crippen molar-refractivity contribution in [3.8, 4) is 0 Å². The Bertz CT molecular complexity index is 489. The van der Waals surface area contributed by atoms with Gasteiger partial charge in [0.15, 0.2) is 5.16 Å². The molecule has 1 aromatic rings. The molecule has 2 heterocycles. The van der Waals surface area contributed by atoms with E-state index in [9.17, 15) is 4.79 Å². The van der Waals surface area contributed by atoms with E-state index >= 15 is 0 Å². The molecule has 0 unspecified atom stereocenters. The summed E-state index contributed by atoms with van der Waals surface area (Å²) in [4.78, 5) is 23.0. The van der Waals surface area contributed by atoms with E-state index in [1.807, 2.05) is 19.9 Å². The minimum atomic E-state index is 0.0535. The number of carbonyl (C=O) groups excluding carboxylic acids is 1. The third kappa shape index (κ3) is 5.93. The van der Waals surface area contributed by atoms with Gasteiger partial charge >= 0.3 is 0 Å². The summed E-state index contributed by atoms with van der Waals surface area (Å²) < 4.78 is 0. The van der Waals surface area contributed by atoms with Crippen LogP contribution in [0.2, 0.25) is 0 Å². The van der Waals surface area contributed by atoms with Crippen molar-refractivity contribution in [3.63, 3.8) is 0 Å². The van der Waals surface area contributed by atoms with Crippen LogP contribution in [0.4, 0.5) is 0 Å². The monoisotopic (exact) mass is 322 g/mol. The minimum absolute atomic E-state index is 0.0535. The standard InChI is InChI=1S/C16H26N4OS/c1-12-5-4-7-20(10-12)8-6-17-15(21)11-22-16-18-13(2)9-14(3)19-16/h9,12H,4-8,10-11H2,1-3H3,(H,17,21)/t12-/m0/s1. The molecule has 1 aliphatic heterocycles. The maximum Gasteiger partial charge on any atom is 0.230 e. The fourth-order valence-corrected chi connectivity index (χ4v) is 3.56. The van der Waals surface area contributed by atoms with Crippen LogP contribution < -0.4 is 5.32 Å². The first-order valence-electron chi connectivity index (χ1n) is 7.97. The zero-order chi connectivity index (χ0) is 15.9. The lowest BCUT2D eigenvalue weighted by Crippen LogP contribution is -2.40. The fourth-order valence-electron chi connectivity index (χ4n) is 2.78. The molecule has 2 rings (SSSR count). The summed E-state index contributed by atoms with van der Waals surface area (Å²) in [5.41, 5.74) is 1.88. The van der Waals surface area contributed by atoms with Gasteiger partial charge in [-0.25, -0.2) is 9.97 Å². The Balaban J connectivity index is 1.65. The van der Waals surface area contributed by atoms with Crippen LogP contribution in [-0.4, -0.2) is 52.7 Å². The molecule has 6 heteroatoms. The predicted octanol–water partition coefficient (Wildman–Crippen LogP) is 2.03. The van der Waals surface area contributed by atoms with E-state index in [0.717, 1.165) is 43.5 Å². The second kappa shape index (κ2) is 8.48. The number of piperidine rings is 1. The molecule has 1 aromatic heterocycles. The third-order valence-corrected chi connectivity index (χ3v) is 4.63. The topological polar surface area (TPSA) is 58.1 Å². The summed E-state index contributed by atoms with van der Waals surface area (Å²) in [6.07, 6.45) is 2.60. The Morgan fingerprint density at radius 1 is 1.41 bits per heavy atom. The summed E-state index contributed by atoms with van der Waals surface area (Å²) in [6, 6.07) is 1.93. The number of carbonyl (C=O) groups is 1. The number of thioether (sulfide) groups is 1. The van der Waals surface area contributed by atoms with Crippen molar-refractivity contribution >= 4 is 17.7 Å². The first-order chi connectivity index (χ1) is 10.5. The van der Waals surface area contributed by atoms with Crippen molar-refractivity contribution < 1.29 is 4.79 Å². The molecular weight excluding hydrogens is 296 g/mol. The maximum absolute atomic E-state index is 11.9. The number of nitrogens with one attached hydrogen (secondary N) is 1. The molecule has 1 fully saturated rings. The average molecular weight is 322 g/mol. The Hall–Kier alpha value is -1.14. The number of likely N-dealkylation sites (tertiary alicyclic amines) is 1. The quantitative estimate of drug-likeness (QED) is 0.641. The number of amides is 1. The van der Waals surface area contributed by atoms with Gasteiger partial charge in [-0.3, -0.25) is 4.79 Å². The van der Waals surface area contributed by atoms with E-state index < -0.39 is 0 Å². The molecule has 0 radical (unpaired) electrons. The van der Waals surface area contributed by atoms with Gasteiger partial charge in [0, 0.05) is 31.0 Å². The van der Waals surface area contributed by atoms with Gasteiger partial charge in [0.2, 0.25) is 5.91 Å². The Labute approximate surface area is 137 Å². The number of hydrogen-bond donors (Lipinski definition) is 1. The molecule has 5 nitrogen and oxygen atoms in total. The molecule has 1 amide bonds. The molecule has 0 saturated carbocycles. The van der Waals surface area contributed by atoms with Crippen molar-refractivity contribution in [2.24, 2.45) is 5.92 Å². The lowest BCUT2D eigenvalue weighted by Gasteiger charge is -2.30. The first kappa shape index (κ1) is 17.2. The van der Waals surface area contributed by atoms with Gasteiger partial charge in [-0.1, -0.05) is 18.7 Å². The first-order valence-corrected chi connectivity index (χ1v) is 8.95. The van der Waals surface area contributed by atoms with Gasteiger partial charge in [-0.15, -0.1) is 0 Å². The molecule has 122 valence electrons. The van der Waals surface area contributed by atoms with Crippen LogP contribution in [0.1, 0.15) is 31.2 Å². The number of aryl methyl sites for hydroxylation is 2. The van der Waals surface area contributed by atoms with E-state index in [1.54, 1.807) is 0 Å². The number of aromatic nitrogens is 2. The van der Waals surface area contributed by atoms with Crippen molar-refractivity contribution in [1.29, 1.82) is 0 Å². The highest BCUT2D eigenvalue weighted by Crippen LogP contribution is 2.15. The van der Waals surface area contributed by atoms with E-state index in [2.05, 4.69) is 27.1 Å². The van der Waals surface area contributed by atoms with Gasteiger partial charge in [0.1, 0.15) is 0 Å². The highest BCUT2D eigenvalue weighted by atomic mass is 32.2. The number of rotatable bonds is 6. The van der Waals surface area contributed by atoms with Gasteiger partial charge < -0.3 is 10.2 Å². The fraction of sp³-hybridized carbons (Fsp3) is 0.688. The van der Waals surface area contributed by atoms with Crippen molar-refractivity contribution in [1.82, 2.24) is 20.2 Å². The molecule has 0 aliphatic carbocycles. The van der Waals surface area contributed by atoms with Gasteiger partial charge in [-0.05, 0) is 45.2 Å². The summed E-state index contributed by atoms with van der Waals surface area (Å²) in [5.74, 6) is 1.21. The smallest absolute Gasteiger partial charge is 0.230 e. The van der Waals surface area contributed by atoms with Crippen LogP contribution in [0.15, 0.2) is 11.2 Å². The summed E-state index contributed by atoms with van der Waals surface area (Å²) in [5, 5.41) is 3.67. The molecule has 1 aliphatic rings. The Kier molecular flexibility index (Phi) is 6.64. The largest absolute Gasteiger partial charge is 0.354 e. The lowest BCUT2D eigenvalue weighted by atomic mass is 10.0. The van der Waals surface area contributed by atoms with E-state index in [4.69, 9.17) is 0 Å². The Morgan fingerprint density at radius 2 is 2.14 bits per heavy atom. The van der Waals surface area contributed by atoms with Crippen molar-refractivity contribution in [2.75, 3.05) is 31.9 Å². The second-order valence-electron chi connectivity index (χ2n) is 6.12. The highest BCUT2D eigenvalue weighted by Gasteiger charge is 2.15. The van der Waals surface area contributed by atoms with E-state index in [-0.39, 0.29) is 5.91 Å². The van der Waals surface area contributed by atoms with Gasteiger partial charge in [0.05, 0.1) is 5.75 Å². The summed E-state index contributed by atoms with van der Waals surface area (Å²) >= 11 is 1.40. The summed E-state index contributed by atoms with van der Waals surface area (Å²) in [7, 11) is 0. The molecule has 22 heavy (non-hydrogen) atoms. The Morgan fingerprint density at radius 3 is 2.82 bits per heavy atom. The zero-order valence-electron chi connectivity index (χ0n) is 13.8. The molecule has 1 saturated heterocycles. The summed E-state index contributed by atoms with van der Waals surface area (Å²) in [6.45, 7) is 10.2. The van der Waals surface area contributed by atoms with Crippen LogP contribution >= 0.6 is 11.8 Å². The normalized spacial score (nSPS) is 19.1. The van der Waals surface area contributed by atoms with Gasteiger partial charge in [-0.2, -0.15) is 0 Å². The van der Waals surface area contributed by atoms with Crippen LogP contribution in [0.3, 0.4) is 0 Å². The molecule has 0 aromatic carbocycles. The van der Waals surface area contributed by atoms with E-state index in [1.165, 1.54) is 24.6 Å². The van der Waals surface area contributed by atoms with Crippen LogP contribution in [0, 0.1) is 19.8 Å². The minimum Gasteiger partial charge on any atom is -0.354 e. The molecule has 1 atom stereocenters. The second-order valence-corrected chi connectivity index (χ2v) is 7.06. The van der Waals surface area contributed by atoms with Crippen LogP contribution in [0.5, 0.6) is 0 Å². The number of nitrogens with zero attached hydrogens (tertiary/aromatic N) is 3. The highest BCUT2D eigenvalue weighted by molar-refractivity contribution is 7.99. The lowest BCUT2D eigenvalue weighted by molar-refractivity contribution is -0.118. The van der Waals surface area contributed by atoms with Crippen molar-refractivity contribution in [3.05, 3.63) is 17.5 Å². The van der Waals surface area contributed by atoms with Crippen LogP contribution in [-0.2, 0) is 4.79 Å². The van der Waals surface area contributed by atoms with Crippen LogP contribution in [0.25, 0.3) is 0 Å². The average Bonchev–Trinajstić information content (AvgIpc) is 2.44. The third-order valence-electron chi connectivity index (χ3n) is 3.79. The molecular formula is C16H26N4OS. The zero-order valence-corrected chi connectivity index (χ0v) is 14.6. The molecule has 0 bridgehead atoms. The van der Waals surface area contributed by atoms with E-state index in [0.29, 0.717) is 10.9 Å².